The van der Waals surface area contributed by atoms with E-state index in [-0.39, 0.29) is 0 Å². The van der Waals surface area contributed by atoms with Gasteiger partial charge in [0.15, 0.2) is 0 Å². The van der Waals surface area contributed by atoms with Crippen molar-refractivity contribution < 1.29 is 0 Å². The van der Waals surface area contributed by atoms with E-state index in [1.165, 1.54) is 77.0 Å². The van der Waals surface area contributed by atoms with Crippen LogP contribution < -0.4 is 5.73 Å². The Balaban J connectivity index is 1.48. The van der Waals surface area contributed by atoms with Crippen molar-refractivity contribution in [3.05, 3.63) is 0 Å². The van der Waals surface area contributed by atoms with E-state index < -0.39 is 0 Å². The molecule has 0 aromatic carbocycles. The molecule has 0 heterocycles. The van der Waals surface area contributed by atoms with Gasteiger partial charge in [0, 0.05) is 6.04 Å². The van der Waals surface area contributed by atoms with Crippen LogP contribution in [0.2, 0.25) is 0 Å². The monoisotopic (exact) mass is 249 g/mol. The van der Waals surface area contributed by atoms with Crippen LogP contribution >= 0.6 is 0 Å². The lowest BCUT2D eigenvalue weighted by molar-refractivity contribution is 0.0672. The lowest BCUT2D eigenvalue weighted by Crippen LogP contribution is -2.44. The average Bonchev–Trinajstić information content (AvgIpc) is 2.72. The zero-order valence-corrected chi connectivity index (χ0v) is 11.9. The molecule has 18 heavy (non-hydrogen) atoms. The fraction of sp³-hybridized carbons (Fsp3) is 1.00. The zero-order chi connectivity index (χ0) is 12.4. The predicted octanol–water partition coefficient (Wildman–Crippen LogP) is 4.50. The van der Waals surface area contributed by atoms with Crippen LogP contribution in [0.1, 0.15) is 77.0 Å². The van der Waals surface area contributed by atoms with E-state index in [0.717, 1.165) is 23.7 Å². The van der Waals surface area contributed by atoms with E-state index in [2.05, 4.69) is 0 Å². The first-order chi connectivity index (χ1) is 8.84. The Bertz CT molecular complexity index is 234. The van der Waals surface area contributed by atoms with Gasteiger partial charge in [0.2, 0.25) is 0 Å². The van der Waals surface area contributed by atoms with E-state index >= 15 is 0 Å². The van der Waals surface area contributed by atoms with Gasteiger partial charge < -0.3 is 5.73 Å². The molecule has 0 saturated heterocycles. The minimum absolute atomic E-state index is 0.529. The lowest BCUT2D eigenvalue weighted by Gasteiger charge is -2.45. The fourth-order valence-corrected chi connectivity index (χ4v) is 4.65. The van der Waals surface area contributed by atoms with Crippen LogP contribution in [0.25, 0.3) is 0 Å². The molecule has 1 unspecified atom stereocenters. The molecule has 3 fully saturated rings. The number of rotatable bonds is 6. The first-order valence-corrected chi connectivity index (χ1v) is 8.60. The largest absolute Gasteiger partial charge is 0.327 e. The third kappa shape index (κ3) is 2.76. The van der Waals surface area contributed by atoms with Gasteiger partial charge in [-0.3, -0.25) is 0 Å². The van der Waals surface area contributed by atoms with Gasteiger partial charge >= 0.3 is 0 Å². The number of hydrogen-bond donors (Lipinski definition) is 1. The normalized spacial score (nSPS) is 28.3. The van der Waals surface area contributed by atoms with Crippen LogP contribution in [0.4, 0.5) is 0 Å². The highest BCUT2D eigenvalue weighted by Crippen LogP contribution is 2.46. The summed E-state index contributed by atoms with van der Waals surface area (Å²) in [6.07, 6.45) is 17.6. The van der Waals surface area contributed by atoms with Crippen molar-refractivity contribution in [3.63, 3.8) is 0 Å². The average molecular weight is 249 g/mol. The molecular formula is C17H31N. The van der Waals surface area contributed by atoms with Crippen LogP contribution in [0.3, 0.4) is 0 Å². The summed E-state index contributed by atoms with van der Waals surface area (Å²) in [7, 11) is 0. The van der Waals surface area contributed by atoms with E-state index in [0.29, 0.717) is 6.04 Å². The van der Waals surface area contributed by atoms with Crippen molar-refractivity contribution >= 4 is 0 Å². The van der Waals surface area contributed by atoms with Gasteiger partial charge in [-0.05, 0) is 36.5 Å². The van der Waals surface area contributed by atoms with Crippen molar-refractivity contribution in [2.75, 3.05) is 0 Å². The second kappa shape index (κ2) is 5.94. The second-order valence-electron chi connectivity index (χ2n) is 7.35. The highest BCUT2D eigenvalue weighted by molar-refractivity contribution is 4.92. The maximum atomic E-state index is 6.62. The van der Waals surface area contributed by atoms with Gasteiger partial charge in [-0.2, -0.15) is 0 Å². The predicted molar refractivity (Wildman–Crippen MR) is 77.3 cm³/mol. The Hall–Kier alpha value is -0.0400. The van der Waals surface area contributed by atoms with E-state index in [9.17, 15) is 0 Å². The molecule has 0 radical (unpaired) electrons. The third-order valence-corrected chi connectivity index (χ3v) is 6.27. The molecule has 3 aliphatic carbocycles. The van der Waals surface area contributed by atoms with E-state index in [4.69, 9.17) is 5.73 Å². The van der Waals surface area contributed by atoms with Crippen molar-refractivity contribution in [3.8, 4) is 0 Å². The molecule has 3 aliphatic rings. The summed E-state index contributed by atoms with van der Waals surface area (Å²) >= 11 is 0. The Kier molecular flexibility index (Phi) is 4.28. The quantitative estimate of drug-likeness (QED) is 0.737. The van der Waals surface area contributed by atoms with E-state index in [1.807, 2.05) is 0 Å². The summed E-state index contributed by atoms with van der Waals surface area (Å²) in [5.41, 5.74) is 6.62. The van der Waals surface area contributed by atoms with Crippen LogP contribution in [0.15, 0.2) is 0 Å². The summed E-state index contributed by atoms with van der Waals surface area (Å²) in [6.45, 7) is 0. The summed E-state index contributed by atoms with van der Waals surface area (Å²) < 4.78 is 0. The van der Waals surface area contributed by atoms with E-state index in [1.54, 1.807) is 0 Å². The van der Waals surface area contributed by atoms with Gasteiger partial charge in [-0.15, -0.1) is 0 Å². The summed E-state index contributed by atoms with van der Waals surface area (Å²) in [6, 6.07) is 0.529. The van der Waals surface area contributed by atoms with Crippen LogP contribution in [0.5, 0.6) is 0 Å². The SMILES string of the molecule is NC(CCC1CCCC1)C(C1CCC1)C1CCC1. The van der Waals surface area contributed by atoms with Gasteiger partial charge in [-0.25, -0.2) is 0 Å². The maximum Gasteiger partial charge on any atom is 0.00725 e. The molecule has 0 amide bonds. The molecule has 0 spiro atoms. The molecule has 3 rings (SSSR count). The van der Waals surface area contributed by atoms with Crippen molar-refractivity contribution in [2.45, 2.75) is 83.1 Å². The highest BCUT2D eigenvalue weighted by atomic mass is 14.7. The standard InChI is InChI=1S/C17H31N/c18-16(12-11-13-5-1-2-6-13)17(14-7-3-8-14)15-9-4-10-15/h13-17H,1-12,18H2. The Morgan fingerprint density at radius 3 is 1.78 bits per heavy atom. The summed E-state index contributed by atoms with van der Waals surface area (Å²) in [5, 5.41) is 0. The van der Waals surface area contributed by atoms with Crippen LogP contribution in [0, 0.1) is 23.7 Å². The van der Waals surface area contributed by atoms with Crippen molar-refractivity contribution in [1.82, 2.24) is 0 Å². The fourth-order valence-electron chi connectivity index (χ4n) is 4.65. The second-order valence-corrected chi connectivity index (χ2v) is 7.35. The van der Waals surface area contributed by atoms with Gasteiger partial charge in [0.1, 0.15) is 0 Å². The lowest BCUT2D eigenvalue weighted by atomic mass is 9.61. The molecule has 0 aliphatic heterocycles. The first kappa shape index (κ1) is 13.0. The molecule has 1 atom stereocenters. The summed E-state index contributed by atoms with van der Waals surface area (Å²) in [5.74, 6) is 3.94. The Labute approximate surface area is 113 Å². The molecule has 2 N–H and O–H groups in total. The smallest absolute Gasteiger partial charge is 0.00725 e. The van der Waals surface area contributed by atoms with Crippen LogP contribution in [-0.2, 0) is 0 Å². The maximum absolute atomic E-state index is 6.62. The molecule has 1 nitrogen and oxygen atoms in total. The Morgan fingerprint density at radius 1 is 0.778 bits per heavy atom. The molecule has 0 aromatic heterocycles. The van der Waals surface area contributed by atoms with Gasteiger partial charge in [0.05, 0.1) is 0 Å². The number of nitrogens with two attached hydrogens (primary N) is 1. The van der Waals surface area contributed by atoms with Gasteiger partial charge in [0.25, 0.3) is 0 Å². The molecule has 3 saturated carbocycles. The summed E-state index contributed by atoms with van der Waals surface area (Å²) in [4.78, 5) is 0. The van der Waals surface area contributed by atoms with Crippen LogP contribution in [-0.4, -0.2) is 6.04 Å². The molecular weight excluding hydrogens is 218 g/mol. The molecule has 0 bridgehead atoms. The topological polar surface area (TPSA) is 26.0 Å². The minimum atomic E-state index is 0.529. The molecule has 104 valence electrons. The Morgan fingerprint density at radius 2 is 1.33 bits per heavy atom. The first-order valence-electron chi connectivity index (χ1n) is 8.60. The number of hydrogen-bond acceptors (Lipinski definition) is 1. The van der Waals surface area contributed by atoms with Gasteiger partial charge in [-0.1, -0.05) is 64.2 Å². The highest BCUT2D eigenvalue weighted by Gasteiger charge is 2.39. The van der Waals surface area contributed by atoms with Crippen molar-refractivity contribution in [1.29, 1.82) is 0 Å². The van der Waals surface area contributed by atoms with Crippen molar-refractivity contribution in [2.24, 2.45) is 29.4 Å². The molecule has 1 heteroatoms. The minimum Gasteiger partial charge on any atom is -0.327 e. The third-order valence-electron chi connectivity index (χ3n) is 6.27. The zero-order valence-electron chi connectivity index (χ0n) is 11.9. The molecule has 0 aromatic rings.